The smallest absolute Gasteiger partial charge is 0.225 e. The fourth-order valence-electron chi connectivity index (χ4n) is 4.45. The minimum atomic E-state index is -3.91. The standard InChI is InChI=1S/C30H24N2O4S2/c31-37(33,34)25-15-17-27(21-7-3-1-4-8-21)29(19-25)23-11-13-24(14-12-23)30-20-26(38(32,35)36)16-18-28(30)22-9-5-2-6-10-22/h1-20H,(H2,31,33,34)(H2,32,35,36). The van der Waals surface area contributed by atoms with Crippen molar-refractivity contribution >= 4 is 20.0 Å². The van der Waals surface area contributed by atoms with Crippen LogP contribution in [0.4, 0.5) is 0 Å². The van der Waals surface area contributed by atoms with Crippen molar-refractivity contribution in [2.75, 3.05) is 0 Å². The number of benzene rings is 5. The van der Waals surface area contributed by atoms with Crippen molar-refractivity contribution in [1.29, 1.82) is 0 Å². The van der Waals surface area contributed by atoms with Gasteiger partial charge in [0.15, 0.2) is 0 Å². The summed E-state index contributed by atoms with van der Waals surface area (Å²) in [5.74, 6) is 0. The fourth-order valence-corrected chi connectivity index (χ4v) is 5.53. The minimum absolute atomic E-state index is 0.0171. The Kier molecular flexibility index (Phi) is 6.73. The quantitative estimate of drug-likeness (QED) is 0.289. The maximum atomic E-state index is 12.1. The van der Waals surface area contributed by atoms with Crippen LogP contribution in [0.1, 0.15) is 0 Å². The highest BCUT2D eigenvalue weighted by Crippen LogP contribution is 2.37. The predicted molar refractivity (Wildman–Crippen MR) is 151 cm³/mol. The molecule has 6 nitrogen and oxygen atoms in total. The van der Waals surface area contributed by atoms with Crippen LogP contribution < -0.4 is 10.3 Å². The topological polar surface area (TPSA) is 120 Å². The highest BCUT2D eigenvalue weighted by Gasteiger charge is 2.17. The highest BCUT2D eigenvalue weighted by molar-refractivity contribution is 7.89. The predicted octanol–water partition coefficient (Wildman–Crippen LogP) is 5.65. The minimum Gasteiger partial charge on any atom is -0.225 e. The van der Waals surface area contributed by atoms with E-state index in [1.165, 1.54) is 12.1 Å². The summed E-state index contributed by atoms with van der Waals surface area (Å²) in [5, 5.41) is 10.9. The van der Waals surface area contributed by atoms with Crippen molar-refractivity contribution in [1.82, 2.24) is 0 Å². The number of rotatable bonds is 6. The Morgan fingerprint density at radius 2 is 0.684 bits per heavy atom. The molecular weight excluding hydrogens is 516 g/mol. The second kappa shape index (κ2) is 10.00. The first-order valence-corrected chi connectivity index (χ1v) is 14.8. The molecule has 8 heteroatoms. The monoisotopic (exact) mass is 540 g/mol. The lowest BCUT2D eigenvalue weighted by Crippen LogP contribution is -2.12. The van der Waals surface area contributed by atoms with Crippen molar-refractivity contribution in [3.05, 3.63) is 121 Å². The Labute approximate surface area is 222 Å². The van der Waals surface area contributed by atoms with Crippen molar-refractivity contribution < 1.29 is 16.8 Å². The van der Waals surface area contributed by atoms with E-state index in [1.54, 1.807) is 24.3 Å². The van der Waals surface area contributed by atoms with E-state index in [2.05, 4.69) is 0 Å². The van der Waals surface area contributed by atoms with Crippen molar-refractivity contribution in [2.24, 2.45) is 10.3 Å². The second-order valence-electron chi connectivity index (χ2n) is 8.81. The van der Waals surface area contributed by atoms with Crippen LogP contribution in [-0.4, -0.2) is 16.8 Å². The third-order valence-corrected chi connectivity index (χ3v) is 8.14. The highest BCUT2D eigenvalue weighted by atomic mass is 32.2. The van der Waals surface area contributed by atoms with Crippen LogP contribution in [0.15, 0.2) is 131 Å². The van der Waals surface area contributed by atoms with Gasteiger partial charge in [-0.05, 0) is 68.8 Å². The van der Waals surface area contributed by atoms with Crippen molar-refractivity contribution in [2.45, 2.75) is 9.79 Å². The molecule has 0 fully saturated rings. The number of hydrogen-bond donors (Lipinski definition) is 2. The molecule has 0 radical (unpaired) electrons. The Bertz CT molecular complexity index is 1700. The third-order valence-electron chi connectivity index (χ3n) is 6.32. The van der Waals surface area contributed by atoms with Gasteiger partial charge in [-0.3, -0.25) is 0 Å². The van der Waals surface area contributed by atoms with E-state index in [1.807, 2.05) is 84.9 Å². The summed E-state index contributed by atoms with van der Waals surface area (Å²) in [4.78, 5) is 0.0342. The first kappa shape index (κ1) is 25.6. The summed E-state index contributed by atoms with van der Waals surface area (Å²) < 4.78 is 48.4. The normalized spacial score (nSPS) is 11.8. The Balaban J connectivity index is 1.67. The number of hydrogen-bond acceptors (Lipinski definition) is 4. The molecule has 190 valence electrons. The van der Waals surface area contributed by atoms with E-state index >= 15 is 0 Å². The molecule has 0 spiro atoms. The molecule has 0 saturated heterocycles. The molecule has 0 heterocycles. The van der Waals surface area contributed by atoms with Crippen LogP contribution in [0.2, 0.25) is 0 Å². The fraction of sp³-hybridized carbons (Fsp3) is 0. The maximum absolute atomic E-state index is 12.1. The van der Waals surface area contributed by atoms with Crippen LogP contribution in [0.3, 0.4) is 0 Å². The van der Waals surface area contributed by atoms with E-state index in [0.29, 0.717) is 11.1 Å². The number of nitrogens with two attached hydrogens (primary N) is 2. The van der Waals surface area contributed by atoms with Gasteiger partial charge in [-0.2, -0.15) is 0 Å². The van der Waals surface area contributed by atoms with Crippen LogP contribution in [-0.2, 0) is 20.0 Å². The third kappa shape index (κ3) is 5.29. The van der Waals surface area contributed by atoms with Gasteiger partial charge in [0.25, 0.3) is 0 Å². The van der Waals surface area contributed by atoms with Crippen molar-refractivity contribution in [3.8, 4) is 44.5 Å². The molecule has 5 aromatic rings. The first-order chi connectivity index (χ1) is 18.1. The SMILES string of the molecule is NS(=O)(=O)c1ccc(-c2ccccc2)c(-c2ccc(-c3cc(S(N)(=O)=O)ccc3-c3ccccc3)cc2)c1. The molecule has 4 N–H and O–H groups in total. The largest absolute Gasteiger partial charge is 0.238 e. The zero-order valence-electron chi connectivity index (χ0n) is 20.2. The van der Waals surface area contributed by atoms with Gasteiger partial charge >= 0.3 is 0 Å². The Morgan fingerprint density at radius 1 is 0.368 bits per heavy atom. The van der Waals surface area contributed by atoms with Gasteiger partial charge in [0.2, 0.25) is 20.0 Å². The van der Waals surface area contributed by atoms with Crippen LogP contribution in [0.25, 0.3) is 44.5 Å². The number of sulfonamides is 2. The molecule has 0 aliphatic heterocycles. The molecule has 0 aliphatic rings. The molecule has 5 rings (SSSR count). The van der Waals surface area contributed by atoms with Crippen molar-refractivity contribution in [3.63, 3.8) is 0 Å². The lowest BCUT2D eigenvalue weighted by Gasteiger charge is -2.15. The molecule has 0 atom stereocenters. The van der Waals surface area contributed by atoms with E-state index in [0.717, 1.165) is 33.4 Å². The summed E-state index contributed by atoms with van der Waals surface area (Å²) in [6, 6.07) is 36.5. The molecular formula is C30H24N2O4S2. The lowest BCUT2D eigenvalue weighted by atomic mass is 9.91. The van der Waals surface area contributed by atoms with E-state index in [-0.39, 0.29) is 9.79 Å². The zero-order valence-corrected chi connectivity index (χ0v) is 21.8. The zero-order chi connectivity index (χ0) is 26.9. The van der Waals surface area contributed by atoms with E-state index in [4.69, 9.17) is 10.3 Å². The molecule has 0 saturated carbocycles. The summed E-state index contributed by atoms with van der Waals surface area (Å²) in [5.41, 5.74) is 6.54. The summed E-state index contributed by atoms with van der Waals surface area (Å²) in [6.45, 7) is 0. The average Bonchev–Trinajstić information content (AvgIpc) is 2.92. The molecule has 0 unspecified atom stereocenters. The molecule has 0 amide bonds. The molecule has 0 aliphatic carbocycles. The van der Waals surface area contributed by atoms with E-state index < -0.39 is 20.0 Å². The van der Waals surface area contributed by atoms with Gasteiger partial charge in [0, 0.05) is 0 Å². The van der Waals surface area contributed by atoms with Crippen LogP contribution >= 0.6 is 0 Å². The lowest BCUT2D eigenvalue weighted by molar-refractivity contribution is 0.596. The summed E-state index contributed by atoms with van der Waals surface area (Å²) in [6.07, 6.45) is 0. The van der Waals surface area contributed by atoms with Gasteiger partial charge in [0.05, 0.1) is 9.79 Å². The first-order valence-electron chi connectivity index (χ1n) is 11.7. The van der Waals surface area contributed by atoms with Crippen LogP contribution in [0, 0.1) is 0 Å². The summed E-state index contributed by atoms with van der Waals surface area (Å²) >= 11 is 0. The van der Waals surface area contributed by atoms with Gasteiger partial charge in [0.1, 0.15) is 0 Å². The maximum Gasteiger partial charge on any atom is 0.238 e. The molecule has 0 bridgehead atoms. The Morgan fingerprint density at radius 3 is 1.00 bits per heavy atom. The van der Waals surface area contributed by atoms with E-state index in [9.17, 15) is 16.8 Å². The van der Waals surface area contributed by atoms with Gasteiger partial charge in [-0.1, -0.05) is 97.1 Å². The van der Waals surface area contributed by atoms with Crippen LogP contribution in [0.5, 0.6) is 0 Å². The van der Waals surface area contributed by atoms with Gasteiger partial charge in [-0.25, -0.2) is 27.1 Å². The van der Waals surface area contributed by atoms with Gasteiger partial charge in [-0.15, -0.1) is 0 Å². The Hall–Kier alpha value is -4.08. The summed E-state index contributed by atoms with van der Waals surface area (Å²) in [7, 11) is -7.81. The molecule has 0 aromatic heterocycles. The average molecular weight is 541 g/mol. The molecule has 5 aromatic carbocycles. The number of primary sulfonamides is 2. The molecule has 38 heavy (non-hydrogen) atoms. The van der Waals surface area contributed by atoms with Gasteiger partial charge < -0.3 is 0 Å². The second-order valence-corrected chi connectivity index (χ2v) is 11.9.